The lowest BCUT2D eigenvalue weighted by Gasteiger charge is -2.27. The predicted octanol–water partition coefficient (Wildman–Crippen LogP) is 2.47. The molecule has 0 radical (unpaired) electrons. The molecule has 2 rings (SSSR count). The van der Waals surface area contributed by atoms with Gasteiger partial charge in [-0.1, -0.05) is 17.7 Å². The lowest BCUT2D eigenvalue weighted by molar-refractivity contribution is -0.124. The van der Waals surface area contributed by atoms with E-state index < -0.39 is 5.54 Å². The van der Waals surface area contributed by atoms with Gasteiger partial charge < -0.3 is 11.1 Å². The van der Waals surface area contributed by atoms with Gasteiger partial charge in [0.2, 0.25) is 5.91 Å². The Hall–Kier alpha value is -1.00. The molecule has 0 bridgehead atoms. The molecule has 1 amide bonds. The second-order valence-corrected chi connectivity index (χ2v) is 6.69. The quantitative estimate of drug-likeness (QED) is 0.753. The van der Waals surface area contributed by atoms with Gasteiger partial charge in [-0.25, -0.2) is 0 Å². The van der Waals surface area contributed by atoms with Gasteiger partial charge in [-0.3, -0.25) is 4.79 Å². The molecule has 3 N–H and O–H groups in total. The summed E-state index contributed by atoms with van der Waals surface area (Å²) in [6, 6.07) is 8.95. The number of carbonyl (C=O) groups excluding carboxylic acids is 1. The molecule has 0 saturated heterocycles. The van der Waals surface area contributed by atoms with Gasteiger partial charge in [-0.05, 0) is 45.2 Å². The van der Waals surface area contributed by atoms with Crippen LogP contribution in [0.4, 0.5) is 0 Å². The van der Waals surface area contributed by atoms with Gasteiger partial charge in [0.05, 0.1) is 5.54 Å². The Morgan fingerprint density at radius 1 is 1.42 bits per heavy atom. The van der Waals surface area contributed by atoms with Crippen LogP contribution in [0.25, 0.3) is 0 Å². The first-order valence-electron chi connectivity index (χ1n) is 6.77. The maximum atomic E-state index is 11.6. The highest BCUT2D eigenvalue weighted by molar-refractivity contribution is 7.99. The van der Waals surface area contributed by atoms with E-state index in [2.05, 4.69) is 36.5 Å². The molecule has 1 aromatic carbocycles. The molecule has 0 aromatic heterocycles. The monoisotopic (exact) mass is 278 g/mol. The highest BCUT2D eigenvalue weighted by Crippen LogP contribution is 2.26. The molecule has 0 aliphatic heterocycles. The van der Waals surface area contributed by atoms with Crippen LogP contribution in [-0.2, 0) is 4.79 Å². The van der Waals surface area contributed by atoms with Gasteiger partial charge in [-0.2, -0.15) is 0 Å². The van der Waals surface area contributed by atoms with E-state index in [1.807, 2.05) is 6.92 Å². The van der Waals surface area contributed by atoms with Crippen LogP contribution in [0.15, 0.2) is 29.2 Å². The van der Waals surface area contributed by atoms with E-state index >= 15 is 0 Å². The second-order valence-electron chi connectivity index (χ2n) is 5.53. The number of amides is 1. The molecule has 1 fully saturated rings. The van der Waals surface area contributed by atoms with E-state index in [0.717, 1.165) is 25.0 Å². The van der Waals surface area contributed by atoms with Crippen LogP contribution >= 0.6 is 11.8 Å². The third-order valence-corrected chi connectivity index (χ3v) is 4.55. The van der Waals surface area contributed by atoms with Gasteiger partial charge in [-0.15, -0.1) is 11.8 Å². The van der Waals surface area contributed by atoms with Crippen molar-refractivity contribution in [3.05, 3.63) is 29.8 Å². The van der Waals surface area contributed by atoms with Crippen LogP contribution in [-0.4, -0.2) is 23.2 Å². The fourth-order valence-electron chi connectivity index (χ4n) is 1.95. The number of nitrogens with two attached hydrogens (primary N) is 1. The van der Waals surface area contributed by atoms with E-state index in [1.54, 1.807) is 11.8 Å². The summed E-state index contributed by atoms with van der Waals surface area (Å²) in [5, 5.41) is 3.37. The smallest absolute Gasteiger partial charge is 0.237 e. The fraction of sp³-hybridized carbons (Fsp3) is 0.533. The van der Waals surface area contributed by atoms with Crippen molar-refractivity contribution in [2.75, 3.05) is 5.75 Å². The molecule has 0 spiro atoms. The van der Waals surface area contributed by atoms with Crippen LogP contribution in [0.3, 0.4) is 0 Å². The maximum Gasteiger partial charge on any atom is 0.237 e. The summed E-state index contributed by atoms with van der Waals surface area (Å²) in [7, 11) is 0. The summed E-state index contributed by atoms with van der Waals surface area (Å²) in [6.07, 6.45) is 3.08. The summed E-state index contributed by atoms with van der Waals surface area (Å²) >= 11 is 1.77. The van der Waals surface area contributed by atoms with E-state index in [9.17, 15) is 4.79 Å². The molecule has 1 aliphatic rings. The molecule has 3 nitrogen and oxygen atoms in total. The van der Waals surface area contributed by atoms with E-state index in [0.29, 0.717) is 6.04 Å². The molecule has 4 heteroatoms. The molecule has 1 saturated carbocycles. The van der Waals surface area contributed by atoms with Gasteiger partial charge in [0, 0.05) is 16.7 Å². The van der Waals surface area contributed by atoms with Crippen molar-refractivity contribution >= 4 is 17.7 Å². The zero-order valence-electron chi connectivity index (χ0n) is 11.6. The third kappa shape index (κ3) is 4.25. The normalized spacial score (nSPS) is 18.0. The molecule has 1 aromatic rings. The minimum Gasteiger partial charge on any atom is -0.368 e. The predicted molar refractivity (Wildman–Crippen MR) is 80.3 cm³/mol. The number of benzene rings is 1. The first-order chi connectivity index (χ1) is 8.99. The molecule has 1 aliphatic carbocycles. The van der Waals surface area contributed by atoms with Crippen LogP contribution in [0, 0.1) is 6.92 Å². The van der Waals surface area contributed by atoms with Crippen molar-refractivity contribution in [2.45, 2.75) is 49.6 Å². The Bertz CT molecular complexity index is 442. The lowest BCUT2D eigenvalue weighted by atomic mass is 9.98. The number of carbonyl (C=O) groups is 1. The number of aryl methyl sites for hydroxylation is 1. The first kappa shape index (κ1) is 14.4. The average molecular weight is 278 g/mol. The summed E-state index contributed by atoms with van der Waals surface area (Å²) in [6.45, 7) is 4.00. The number of hydrogen-bond acceptors (Lipinski definition) is 3. The van der Waals surface area contributed by atoms with E-state index in [1.165, 1.54) is 10.5 Å². The van der Waals surface area contributed by atoms with Crippen molar-refractivity contribution in [2.24, 2.45) is 5.73 Å². The van der Waals surface area contributed by atoms with Crippen LogP contribution in [0.1, 0.15) is 31.7 Å². The number of primary amides is 1. The number of rotatable bonds is 7. The zero-order valence-corrected chi connectivity index (χ0v) is 12.4. The zero-order chi connectivity index (χ0) is 13.9. The van der Waals surface area contributed by atoms with Gasteiger partial charge in [0.25, 0.3) is 0 Å². The molecule has 1 atom stereocenters. The van der Waals surface area contributed by atoms with E-state index in [4.69, 9.17) is 5.73 Å². The van der Waals surface area contributed by atoms with Crippen molar-refractivity contribution in [1.82, 2.24) is 5.32 Å². The largest absolute Gasteiger partial charge is 0.368 e. The topological polar surface area (TPSA) is 55.1 Å². The standard InChI is InChI=1S/C15H22N2OS/c1-11-3-7-13(8-4-11)19-10-9-15(2,14(16)18)17-12-5-6-12/h3-4,7-8,12,17H,5-6,9-10H2,1-2H3,(H2,16,18). The lowest BCUT2D eigenvalue weighted by Crippen LogP contribution is -2.54. The van der Waals surface area contributed by atoms with Crippen LogP contribution < -0.4 is 11.1 Å². The van der Waals surface area contributed by atoms with Crippen molar-refractivity contribution < 1.29 is 4.79 Å². The summed E-state index contributed by atoms with van der Waals surface area (Å²) < 4.78 is 0. The van der Waals surface area contributed by atoms with E-state index in [-0.39, 0.29) is 5.91 Å². The minimum absolute atomic E-state index is 0.246. The molecular weight excluding hydrogens is 256 g/mol. The SMILES string of the molecule is Cc1ccc(SCCC(C)(NC2CC2)C(N)=O)cc1. The van der Waals surface area contributed by atoms with Gasteiger partial charge >= 0.3 is 0 Å². The molecule has 104 valence electrons. The van der Waals surface area contributed by atoms with Gasteiger partial charge in [0.15, 0.2) is 0 Å². The van der Waals surface area contributed by atoms with Crippen molar-refractivity contribution in [3.63, 3.8) is 0 Å². The summed E-state index contributed by atoms with van der Waals surface area (Å²) in [5.74, 6) is 0.645. The summed E-state index contributed by atoms with van der Waals surface area (Å²) in [4.78, 5) is 12.9. The highest BCUT2D eigenvalue weighted by Gasteiger charge is 2.36. The Morgan fingerprint density at radius 2 is 2.05 bits per heavy atom. The summed E-state index contributed by atoms with van der Waals surface area (Å²) in [5.41, 5.74) is 6.23. The van der Waals surface area contributed by atoms with Gasteiger partial charge in [0.1, 0.15) is 0 Å². The Kier molecular flexibility index (Phi) is 4.53. The Morgan fingerprint density at radius 3 is 2.58 bits per heavy atom. The molecular formula is C15H22N2OS. The molecule has 1 unspecified atom stereocenters. The first-order valence-corrected chi connectivity index (χ1v) is 7.75. The van der Waals surface area contributed by atoms with Crippen LogP contribution in [0.5, 0.6) is 0 Å². The number of nitrogens with one attached hydrogen (secondary N) is 1. The molecule has 19 heavy (non-hydrogen) atoms. The average Bonchev–Trinajstić information content (AvgIpc) is 3.15. The minimum atomic E-state index is -0.571. The number of hydrogen-bond donors (Lipinski definition) is 2. The highest BCUT2D eigenvalue weighted by atomic mass is 32.2. The third-order valence-electron chi connectivity index (χ3n) is 3.54. The van der Waals surface area contributed by atoms with Crippen molar-refractivity contribution in [1.29, 1.82) is 0 Å². The molecule has 0 heterocycles. The maximum absolute atomic E-state index is 11.6. The Balaban J connectivity index is 1.84. The number of thioether (sulfide) groups is 1. The fourth-order valence-corrected chi connectivity index (χ4v) is 3.03. The second kappa shape index (κ2) is 5.97. The Labute approximate surface area is 119 Å². The van der Waals surface area contributed by atoms with Crippen LogP contribution in [0.2, 0.25) is 0 Å². The van der Waals surface area contributed by atoms with Crippen molar-refractivity contribution in [3.8, 4) is 0 Å².